The molecule has 24 heavy (non-hydrogen) atoms. The van der Waals surface area contributed by atoms with Crippen molar-refractivity contribution >= 4 is 31.5 Å². The van der Waals surface area contributed by atoms with Gasteiger partial charge >= 0.3 is 0 Å². The van der Waals surface area contributed by atoms with Crippen LogP contribution >= 0.6 is 23.2 Å². The summed E-state index contributed by atoms with van der Waals surface area (Å²) >= 11 is 13.0. The first kappa shape index (κ1) is 20.3. The van der Waals surface area contributed by atoms with Crippen LogP contribution in [-0.4, -0.2) is 8.32 Å². The summed E-state index contributed by atoms with van der Waals surface area (Å²) in [7, 11) is -1.71. The van der Waals surface area contributed by atoms with E-state index in [1.165, 1.54) is 25.7 Å². The Morgan fingerprint density at radius 3 is 2.08 bits per heavy atom. The van der Waals surface area contributed by atoms with E-state index >= 15 is 0 Å². The Balaban J connectivity index is 2.19. The molecule has 0 spiro atoms. The SMILES string of the molecule is CC[Si](CC)(CC)OC(CCCC1(C)CC1)c1c(Cl)cccc1Cl. The molecule has 0 radical (unpaired) electrons. The van der Waals surface area contributed by atoms with Gasteiger partial charge in [0.05, 0.1) is 6.10 Å². The maximum atomic E-state index is 6.84. The van der Waals surface area contributed by atoms with Crippen LogP contribution in [0, 0.1) is 5.41 Å². The molecule has 1 saturated carbocycles. The quantitative estimate of drug-likeness (QED) is 0.369. The fourth-order valence-electron chi connectivity index (χ4n) is 3.56. The van der Waals surface area contributed by atoms with E-state index in [-0.39, 0.29) is 6.10 Å². The predicted molar refractivity (Wildman–Crippen MR) is 109 cm³/mol. The van der Waals surface area contributed by atoms with E-state index < -0.39 is 8.32 Å². The third-order valence-corrected chi connectivity index (χ3v) is 11.3. The number of rotatable bonds is 10. The van der Waals surface area contributed by atoms with Crippen molar-refractivity contribution in [1.29, 1.82) is 0 Å². The monoisotopic (exact) mass is 386 g/mol. The van der Waals surface area contributed by atoms with Gasteiger partial charge < -0.3 is 4.43 Å². The van der Waals surface area contributed by atoms with E-state index in [1.807, 2.05) is 18.2 Å². The summed E-state index contributed by atoms with van der Waals surface area (Å²) in [4.78, 5) is 0. The molecule has 0 saturated heterocycles. The van der Waals surface area contributed by atoms with Crippen molar-refractivity contribution in [2.75, 3.05) is 0 Å². The van der Waals surface area contributed by atoms with Gasteiger partial charge in [-0.05, 0) is 61.4 Å². The zero-order valence-electron chi connectivity index (χ0n) is 15.6. The zero-order valence-corrected chi connectivity index (χ0v) is 18.1. The predicted octanol–water partition coefficient (Wildman–Crippen LogP) is 8.03. The number of halogens is 2. The van der Waals surface area contributed by atoms with Gasteiger partial charge in [0.15, 0.2) is 8.32 Å². The van der Waals surface area contributed by atoms with Gasteiger partial charge in [0.25, 0.3) is 0 Å². The second-order valence-electron chi connectivity index (χ2n) is 7.69. The first-order valence-electron chi connectivity index (χ1n) is 9.50. The van der Waals surface area contributed by atoms with E-state index in [4.69, 9.17) is 27.6 Å². The van der Waals surface area contributed by atoms with Gasteiger partial charge in [-0.3, -0.25) is 0 Å². The lowest BCUT2D eigenvalue weighted by Crippen LogP contribution is -2.37. The van der Waals surface area contributed by atoms with Gasteiger partial charge in [-0.15, -0.1) is 0 Å². The van der Waals surface area contributed by atoms with E-state index in [0.29, 0.717) is 5.41 Å². The molecule has 136 valence electrons. The lowest BCUT2D eigenvalue weighted by Gasteiger charge is -2.34. The molecule has 0 heterocycles. The molecule has 1 fully saturated rings. The third kappa shape index (κ3) is 5.00. The van der Waals surface area contributed by atoms with Crippen LogP contribution in [0.3, 0.4) is 0 Å². The minimum absolute atomic E-state index is 0.0417. The normalized spacial score (nSPS) is 17.8. The van der Waals surface area contributed by atoms with Crippen LogP contribution in [0.25, 0.3) is 0 Å². The summed E-state index contributed by atoms with van der Waals surface area (Å²) in [6.45, 7) is 9.22. The topological polar surface area (TPSA) is 9.23 Å². The standard InChI is InChI=1S/C20H32Cl2OSi/c1-5-24(6-2,7-3)23-18(12-9-13-20(4)14-15-20)19-16(21)10-8-11-17(19)22/h8,10-11,18H,5-7,9,12-15H2,1-4H3. The Morgan fingerprint density at radius 1 is 1.08 bits per heavy atom. The molecule has 0 amide bonds. The molecule has 1 aliphatic rings. The van der Waals surface area contributed by atoms with Crippen LogP contribution in [0.2, 0.25) is 28.2 Å². The van der Waals surface area contributed by atoms with Crippen LogP contribution in [0.1, 0.15) is 71.5 Å². The minimum Gasteiger partial charge on any atom is -0.410 e. The number of hydrogen-bond acceptors (Lipinski definition) is 1. The molecule has 0 N–H and O–H groups in total. The molecular weight excluding hydrogens is 355 g/mol. The lowest BCUT2D eigenvalue weighted by atomic mass is 9.97. The maximum absolute atomic E-state index is 6.84. The van der Waals surface area contributed by atoms with Crippen LogP contribution in [0.15, 0.2) is 18.2 Å². The molecule has 1 aromatic rings. The molecule has 2 rings (SSSR count). The van der Waals surface area contributed by atoms with Crippen molar-refractivity contribution in [2.24, 2.45) is 5.41 Å². The highest BCUT2D eigenvalue weighted by molar-refractivity contribution is 6.73. The van der Waals surface area contributed by atoms with E-state index in [2.05, 4.69) is 27.7 Å². The zero-order chi connectivity index (χ0) is 17.8. The van der Waals surface area contributed by atoms with Crippen molar-refractivity contribution in [3.63, 3.8) is 0 Å². The number of benzene rings is 1. The molecule has 0 aliphatic heterocycles. The highest BCUT2D eigenvalue weighted by Crippen LogP contribution is 2.50. The van der Waals surface area contributed by atoms with Crippen LogP contribution in [0.5, 0.6) is 0 Å². The van der Waals surface area contributed by atoms with Crippen molar-refractivity contribution in [3.05, 3.63) is 33.8 Å². The average Bonchev–Trinajstić information content (AvgIpc) is 3.29. The van der Waals surface area contributed by atoms with E-state index in [9.17, 15) is 0 Å². The van der Waals surface area contributed by atoms with Crippen molar-refractivity contribution in [2.45, 2.75) is 84.0 Å². The second-order valence-corrected chi connectivity index (χ2v) is 13.2. The molecule has 0 aromatic heterocycles. The summed E-state index contributed by atoms with van der Waals surface area (Å²) in [5.74, 6) is 0. The fourth-order valence-corrected chi connectivity index (χ4v) is 7.04. The Bertz CT molecular complexity index is 510. The molecule has 1 aromatic carbocycles. The highest BCUT2D eigenvalue weighted by Gasteiger charge is 2.37. The van der Waals surface area contributed by atoms with Gasteiger partial charge in [-0.1, -0.05) is 63.4 Å². The lowest BCUT2D eigenvalue weighted by molar-refractivity contribution is 0.173. The molecular formula is C20H32Cl2OSi. The Kier molecular flexibility index (Phi) is 7.25. The summed E-state index contributed by atoms with van der Waals surface area (Å²) in [5, 5.41) is 1.49. The molecule has 1 atom stereocenters. The maximum Gasteiger partial charge on any atom is 0.192 e. The van der Waals surface area contributed by atoms with Crippen LogP contribution in [-0.2, 0) is 4.43 Å². The van der Waals surface area contributed by atoms with Gasteiger partial charge in [-0.25, -0.2) is 0 Å². The Labute approximate surface area is 159 Å². The smallest absolute Gasteiger partial charge is 0.192 e. The minimum atomic E-state index is -1.71. The molecule has 1 unspecified atom stereocenters. The van der Waals surface area contributed by atoms with E-state index in [1.54, 1.807) is 0 Å². The van der Waals surface area contributed by atoms with Crippen molar-refractivity contribution in [3.8, 4) is 0 Å². The largest absolute Gasteiger partial charge is 0.410 e. The van der Waals surface area contributed by atoms with Gasteiger partial charge in [-0.2, -0.15) is 0 Å². The Hall–Kier alpha value is -0.0231. The first-order chi connectivity index (χ1) is 11.4. The summed E-state index contributed by atoms with van der Waals surface area (Å²) in [6, 6.07) is 9.24. The van der Waals surface area contributed by atoms with Crippen LogP contribution < -0.4 is 0 Å². The third-order valence-electron chi connectivity index (χ3n) is 6.00. The first-order valence-corrected chi connectivity index (χ1v) is 12.8. The van der Waals surface area contributed by atoms with Gasteiger partial charge in [0.1, 0.15) is 0 Å². The molecule has 1 nitrogen and oxygen atoms in total. The van der Waals surface area contributed by atoms with Crippen molar-refractivity contribution in [1.82, 2.24) is 0 Å². The highest BCUT2D eigenvalue weighted by atomic mass is 35.5. The fraction of sp³-hybridized carbons (Fsp3) is 0.700. The summed E-state index contributed by atoms with van der Waals surface area (Å²) in [5.41, 5.74) is 1.60. The second kappa shape index (κ2) is 8.57. The molecule has 0 bridgehead atoms. The molecule has 1 aliphatic carbocycles. The number of hydrogen-bond donors (Lipinski definition) is 0. The van der Waals surface area contributed by atoms with Crippen molar-refractivity contribution < 1.29 is 4.43 Å². The van der Waals surface area contributed by atoms with Gasteiger partial charge in [0, 0.05) is 15.6 Å². The van der Waals surface area contributed by atoms with E-state index in [0.717, 1.165) is 40.2 Å². The van der Waals surface area contributed by atoms with Crippen LogP contribution in [0.4, 0.5) is 0 Å². The summed E-state index contributed by atoms with van der Waals surface area (Å²) in [6.07, 6.45) is 6.29. The van der Waals surface area contributed by atoms with Gasteiger partial charge in [0.2, 0.25) is 0 Å². The molecule has 4 heteroatoms. The average molecular weight is 387 g/mol. The summed E-state index contributed by atoms with van der Waals surface area (Å²) < 4.78 is 6.84. The Morgan fingerprint density at radius 2 is 1.62 bits per heavy atom.